The molecule has 0 radical (unpaired) electrons. The fourth-order valence-electron chi connectivity index (χ4n) is 3.08. The van der Waals surface area contributed by atoms with Crippen LogP contribution in [-0.2, 0) is 12.8 Å². The molecule has 0 aliphatic carbocycles. The Labute approximate surface area is 181 Å². The topological polar surface area (TPSA) is 75.5 Å². The minimum absolute atomic E-state index is 0.00103. The average molecular weight is 412 g/mol. The lowest BCUT2D eigenvalue weighted by atomic mass is 10.0. The highest BCUT2D eigenvalue weighted by Crippen LogP contribution is 2.20. The maximum Gasteiger partial charge on any atom is 0.0552 e. The first-order valence-electron chi connectivity index (χ1n) is 10.3. The van der Waals surface area contributed by atoms with E-state index < -0.39 is 0 Å². The molecule has 6 nitrogen and oxygen atoms in total. The first kappa shape index (κ1) is 25.3. The van der Waals surface area contributed by atoms with Gasteiger partial charge in [0.05, 0.1) is 6.10 Å². The molecule has 0 aromatic heterocycles. The molecule has 0 saturated carbocycles. The summed E-state index contributed by atoms with van der Waals surface area (Å²) in [7, 11) is 8.09. The lowest BCUT2D eigenvalue weighted by Gasteiger charge is -2.16. The summed E-state index contributed by atoms with van der Waals surface area (Å²) in [6.45, 7) is 7.91. The monoisotopic (exact) mass is 411 g/mol. The van der Waals surface area contributed by atoms with E-state index in [1.54, 1.807) is 0 Å². The maximum atomic E-state index is 9.35. The predicted octanol–water partition coefficient (Wildman–Crippen LogP) is 5.29. The van der Waals surface area contributed by atoms with E-state index in [9.17, 15) is 5.11 Å². The van der Waals surface area contributed by atoms with Crippen molar-refractivity contribution in [1.29, 1.82) is 0 Å². The highest BCUT2D eigenvalue weighted by Gasteiger charge is 2.06. The molecule has 2 rings (SSSR count). The van der Waals surface area contributed by atoms with Crippen LogP contribution in [-0.4, -0.2) is 45.4 Å². The Hall–Kier alpha value is -2.69. The number of aryl methyl sites for hydroxylation is 2. The van der Waals surface area contributed by atoms with Gasteiger partial charge in [0.2, 0.25) is 0 Å². The number of aliphatic hydroxyl groups is 1. The standard InChI is InChI=1S/C12H18N4.C12H19NO/c1-9-5-6-12(16(3)4)8-11(9)7-10(2)14-15-13;1-9-5-6-12(13(3)4)8-11(9)7-10(2)14/h5-6,8,10H,7H2,1-4H3;5-6,8,10,14H,7H2,1-4H3/t2*10-/m01/s1. The zero-order chi connectivity index (χ0) is 22.8. The Morgan fingerprint density at radius 2 is 1.30 bits per heavy atom. The van der Waals surface area contributed by atoms with Crippen molar-refractivity contribution >= 4 is 11.4 Å². The van der Waals surface area contributed by atoms with Crippen LogP contribution >= 0.6 is 0 Å². The lowest BCUT2D eigenvalue weighted by molar-refractivity contribution is 0.195. The normalized spacial score (nSPS) is 12.2. The quantitative estimate of drug-likeness (QED) is 0.382. The van der Waals surface area contributed by atoms with Crippen LogP contribution in [0, 0.1) is 13.8 Å². The predicted molar refractivity (Wildman–Crippen MR) is 129 cm³/mol. The minimum atomic E-state index is -0.272. The molecule has 30 heavy (non-hydrogen) atoms. The van der Waals surface area contributed by atoms with Gasteiger partial charge in [0, 0.05) is 50.5 Å². The summed E-state index contributed by atoms with van der Waals surface area (Å²) in [5.41, 5.74) is 15.7. The molecule has 164 valence electrons. The fourth-order valence-corrected chi connectivity index (χ4v) is 3.08. The molecule has 1 N–H and O–H groups in total. The fraction of sp³-hybridized carbons (Fsp3) is 0.500. The summed E-state index contributed by atoms with van der Waals surface area (Å²) < 4.78 is 0. The SMILES string of the molecule is Cc1ccc(N(C)C)cc1C[C@@H](C)O.Cc1ccc(N(C)C)cc1C[C@H](C)N=[N+]=[N-]. The second-order valence-electron chi connectivity index (χ2n) is 8.32. The van der Waals surface area contributed by atoms with Crippen LogP contribution in [0.2, 0.25) is 0 Å². The van der Waals surface area contributed by atoms with Gasteiger partial charge in [-0.2, -0.15) is 0 Å². The molecule has 2 atom stereocenters. The van der Waals surface area contributed by atoms with Gasteiger partial charge in [-0.1, -0.05) is 24.2 Å². The van der Waals surface area contributed by atoms with Crippen molar-refractivity contribution in [3.8, 4) is 0 Å². The molecule has 2 aromatic carbocycles. The van der Waals surface area contributed by atoms with Crippen LogP contribution in [0.5, 0.6) is 0 Å². The van der Waals surface area contributed by atoms with Gasteiger partial charge in [-0.3, -0.25) is 0 Å². The maximum absolute atomic E-state index is 9.35. The number of nitrogens with zero attached hydrogens (tertiary/aromatic N) is 5. The van der Waals surface area contributed by atoms with Crippen molar-refractivity contribution in [1.82, 2.24) is 0 Å². The van der Waals surface area contributed by atoms with Crippen LogP contribution in [0.4, 0.5) is 11.4 Å². The lowest BCUT2D eigenvalue weighted by Crippen LogP contribution is -2.11. The highest BCUT2D eigenvalue weighted by atomic mass is 16.3. The van der Waals surface area contributed by atoms with Gasteiger partial charge in [0.1, 0.15) is 0 Å². The first-order chi connectivity index (χ1) is 14.0. The largest absolute Gasteiger partial charge is 0.393 e. The third-order valence-electron chi connectivity index (χ3n) is 4.98. The summed E-state index contributed by atoms with van der Waals surface area (Å²) in [6, 6.07) is 12.7. The third-order valence-corrected chi connectivity index (χ3v) is 4.98. The summed E-state index contributed by atoms with van der Waals surface area (Å²) in [5.74, 6) is 0. The Kier molecular flexibility index (Phi) is 10.2. The minimum Gasteiger partial charge on any atom is -0.393 e. The molecule has 0 heterocycles. The molecule has 2 aromatic rings. The number of hydrogen-bond acceptors (Lipinski definition) is 4. The zero-order valence-electron chi connectivity index (χ0n) is 19.7. The molecular weight excluding hydrogens is 374 g/mol. The molecule has 0 aliphatic heterocycles. The van der Waals surface area contributed by atoms with Crippen LogP contribution in [0.1, 0.15) is 36.1 Å². The van der Waals surface area contributed by atoms with Gasteiger partial charge in [0.25, 0.3) is 0 Å². The van der Waals surface area contributed by atoms with E-state index in [1.165, 1.54) is 33.6 Å². The molecule has 0 aliphatic rings. The van der Waals surface area contributed by atoms with Gasteiger partial charge in [0.15, 0.2) is 0 Å². The highest BCUT2D eigenvalue weighted by molar-refractivity contribution is 5.50. The van der Waals surface area contributed by atoms with Crippen LogP contribution in [0.15, 0.2) is 41.5 Å². The Balaban J connectivity index is 0.000000303. The van der Waals surface area contributed by atoms with Crippen LogP contribution < -0.4 is 9.80 Å². The number of benzene rings is 2. The van der Waals surface area contributed by atoms with Crippen LogP contribution in [0.25, 0.3) is 10.4 Å². The summed E-state index contributed by atoms with van der Waals surface area (Å²) in [6.07, 6.45) is 1.25. The van der Waals surface area contributed by atoms with Crippen molar-refractivity contribution < 1.29 is 5.11 Å². The zero-order valence-corrected chi connectivity index (χ0v) is 19.7. The molecule has 0 saturated heterocycles. The van der Waals surface area contributed by atoms with Gasteiger partial charge < -0.3 is 14.9 Å². The Bertz CT molecular complexity index is 855. The van der Waals surface area contributed by atoms with E-state index >= 15 is 0 Å². The molecule has 6 heteroatoms. The number of aliphatic hydroxyl groups excluding tert-OH is 1. The number of hydrogen-bond donors (Lipinski definition) is 1. The van der Waals surface area contributed by atoms with Crippen molar-refractivity contribution in [3.05, 3.63) is 69.1 Å². The van der Waals surface area contributed by atoms with Gasteiger partial charge in [-0.15, -0.1) is 0 Å². The average Bonchev–Trinajstić information content (AvgIpc) is 2.65. The number of azide groups is 1. The number of rotatable bonds is 7. The van der Waals surface area contributed by atoms with E-state index in [4.69, 9.17) is 5.53 Å². The molecule has 0 spiro atoms. The Morgan fingerprint density at radius 1 is 0.867 bits per heavy atom. The molecule has 0 bridgehead atoms. The van der Waals surface area contributed by atoms with Gasteiger partial charge in [-0.05, 0) is 85.7 Å². The first-order valence-corrected chi connectivity index (χ1v) is 10.3. The van der Waals surface area contributed by atoms with Crippen molar-refractivity contribution in [2.45, 2.75) is 52.7 Å². The summed E-state index contributed by atoms with van der Waals surface area (Å²) in [5, 5.41) is 13.0. The van der Waals surface area contributed by atoms with Gasteiger partial charge >= 0.3 is 0 Å². The van der Waals surface area contributed by atoms with Crippen LogP contribution in [0.3, 0.4) is 0 Å². The van der Waals surface area contributed by atoms with Crippen molar-refractivity contribution in [2.24, 2.45) is 5.11 Å². The van der Waals surface area contributed by atoms with E-state index in [2.05, 4.69) is 70.1 Å². The second-order valence-corrected chi connectivity index (χ2v) is 8.32. The van der Waals surface area contributed by atoms with E-state index in [-0.39, 0.29) is 12.1 Å². The molecular formula is C24H37N5O. The van der Waals surface area contributed by atoms with Gasteiger partial charge in [-0.25, -0.2) is 0 Å². The third kappa shape index (κ3) is 8.36. The second kappa shape index (κ2) is 12.1. The summed E-state index contributed by atoms with van der Waals surface area (Å²) in [4.78, 5) is 6.98. The Morgan fingerprint density at radius 3 is 1.67 bits per heavy atom. The van der Waals surface area contributed by atoms with E-state index in [0.717, 1.165) is 12.8 Å². The molecule has 0 fully saturated rings. The van der Waals surface area contributed by atoms with E-state index in [1.807, 2.05) is 42.0 Å². The smallest absolute Gasteiger partial charge is 0.0552 e. The van der Waals surface area contributed by atoms with E-state index in [0.29, 0.717) is 0 Å². The van der Waals surface area contributed by atoms with Crippen molar-refractivity contribution in [3.63, 3.8) is 0 Å². The molecule has 0 amide bonds. The molecule has 0 unspecified atom stereocenters. The van der Waals surface area contributed by atoms with Crippen molar-refractivity contribution in [2.75, 3.05) is 38.0 Å². The summed E-state index contributed by atoms with van der Waals surface area (Å²) >= 11 is 0. The number of anilines is 2.